The first-order chi connectivity index (χ1) is 17.2. The molecule has 10 heteroatoms. The molecule has 0 saturated carbocycles. The highest BCUT2D eigenvalue weighted by atomic mass is 35.5. The van der Waals surface area contributed by atoms with Crippen LogP contribution in [0.3, 0.4) is 0 Å². The van der Waals surface area contributed by atoms with E-state index in [1.54, 1.807) is 11.3 Å². The summed E-state index contributed by atoms with van der Waals surface area (Å²) in [6.07, 6.45) is 3.81. The van der Waals surface area contributed by atoms with Gasteiger partial charge in [0.15, 0.2) is 17.1 Å². The molecule has 1 aliphatic carbocycles. The van der Waals surface area contributed by atoms with E-state index in [0.29, 0.717) is 27.5 Å². The molecular formula is C26H30ClN5O2S2. The normalized spacial score (nSPS) is 15.8. The number of benzene rings is 1. The number of fused-ring (bicyclic) bond motifs is 1. The number of nitriles is 1. The Morgan fingerprint density at radius 3 is 2.78 bits per heavy atom. The van der Waals surface area contributed by atoms with Crippen LogP contribution in [0.15, 0.2) is 17.3 Å². The minimum absolute atomic E-state index is 0.164. The lowest BCUT2D eigenvalue weighted by Crippen LogP contribution is -2.15. The van der Waals surface area contributed by atoms with Gasteiger partial charge in [0.05, 0.1) is 11.3 Å². The maximum absolute atomic E-state index is 12.7. The number of hydrogen-bond acceptors (Lipinski definition) is 7. The third kappa shape index (κ3) is 5.56. The van der Waals surface area contributed by atoms with E-state index < -0.39 is 0 Å². The van der Waals surface area contributed by atoms with Crippen LogP contribution in [0.2, 0.25) is 5.02 Å². The standard InChI is InChI=1S/C26H30ClN5O2S2/c1-6-17-7-8-19-20(12-28)25(36-21(19)11-17)29-22(33)13-35-26-31-30-24(32(26)5)16(4)34-18-9-14(2)23(27)15(3)10-18/h9-10,16-17H,6-8,11,13H2,1-5H3,(H,29,33). The summed E-state index contributed by atoms with van der Waals surface area (Å²) in [4.78, 5) is 14.0. The van der Waals surface area contributed by atoms with Gasteiger partial charge in [-0.2, -0.15) is 5.26 Å². The Hall–Kier alpha value is -2.54. The Bertz CT molecular complexity index is 1300. The maximum atomic E-state index is 12.7. The molecule has 3 aromatic rings. The third-order valence-electron chi connectivity index (χ3n) is 6.60. The molecule has 1 amide bonds. The molecule has 1 aliphatic rings. The smallest absolute Gasteiger partial charge is 0.235 e. The molecule has 0 radical (unpaired) electrons. The van der Waals surface area contributed by atoms with Crippen LogP contribution in [-0.4, -0.2) is 26.4 Å². The van der Waals surface area contributed by atoms with Gasteiger partial charge in [-0.15, -0.1) is 21.5 Å². The topological polar surface area (TPSA) is 92.8 Å². The van der Waals surface area contributed by atoms with Gasteiger partial charge in [-0.3, -0.25) is 4.79 Å². The lowest BCUT2D eigenvalue weighted by Gasteiger charge is -2.20. The molecule has 7 nitrogen and oxygen atoms in total. The van der Waals surface area contributed by atoms with Crippen LogP contribution < -0.4 is 10.1 Å². The summed E-state index contributed by atoms with van der Waals surface area (Å²) in [7, 11) is 1.86. The van der Waals surface area contributed by atoms with Crippen LogP contribution in [0.1, 0.15) is 65.7 Å². The lowest BCUT2D eigenvalue weighted by molar-refractivity contribution is -0.113. The molecule has 190 valence electrons. The van der Waals surface area contributed by atoms with Crippen LogP contribution in [-0.2, 0) is 24.7 Å². The summed E-state index contributed by atoms with van der Waals surface area (Å²) >= 11 is 9.12. The number of thioether (sulfide) groups is 1. The van der Waals surface area contributed by atoms with Gasteiger partial charge in [0, 0.05) is 16.9 Å². The summed E-state index contributed by atoms with van der Waals surface area (Å²) in [6.45, 7) is 8.01. The second-order valence-corrected chi connectivity index (χ2v) is 11.6. The first-order valence-corrected chi connectivity index (χ1v) is 14.2. The molecule has 1 aromatic carbocycles. The van der Waals surface area contributed by atoms with Crippen molar-refractivity contribution in [1.82, 2.24) is 14.8 Å². The zero-order chi connectivity index (χ0) is 26.0. The number of nitrogens with one attached hydrogen (secondary N) is 1. The van der Waals surface area contributed by atoms with Crippen LogP contribution in [0.25, 0.3) is 0 Å². The van der Waals surface area contributed by atoms with Gasteiger partial charge in [-0.1, -0.05) is 36.7 Å². The maximum Gasteiger partial charge on any atom is 0.235 e. The second-order valence-electron chi connectivity index (χ2n) is 9.20. The average molecular weight is 544 g/mol. The van der Waals surface area contributed by atoms with Crippen LogP contribution in [0.4, 0.5) is 5.00 Å². The third-order valence-corrected chi connectivity index (χ3v) is 9.38. The number of halogens is 1. The van der Waals surface area contributed by atoms with E-state index in [0.717, 1.165) is 53.1 Å². The van der Waals surface area contributed by atoms with Crippen molar-refractivity contribution in [3.05, 3.63) is 50.1 Å². The van der Waals surface area contributed by atoms with Crippen LogP contribution in [0.5, 0.6) is 5.75 Å². The number of aryl methyl sites for hydroxylation is 2. The van der Waals surface area contributed by atoms with Crippen molar-refractivity contribution in [3.63, 3.8) is 0 Å². The van der Waals surface area contributed by atoms with Gasteiger partial charge in [-0.05, 0) is 74.8 Å². The first-order valence-electron chi connectivity index (χ1n) is 12.0. The molecule has 1 N–H and O–H groups in total. The Morgan fingerprint density at radius 1 is 1.39 bits per heavy atom. The van der Waals surface area contributed by atoms with E-state index in [-0.39, 0.29) is 17.8 Å². The number of carbonyl (C=O) groups excluding carboxylic acids is 1. The summed E-state index contributed by atoms with van der Waals surface area (Å²) in [5.41, 5.74) is 3.65. The fraction of sp³-hybridized carbons (Fsp3) is 0.462. The van der Waals surface area contributed by atoms with Crippen molar-refractivity contribution < 1.29 is 9.53 Å². The zero-order valence-electron chi connectivity index (χ0n) is 21.1. The fourth-order valence-corrected chi connectivity index (χ4v) is 6.69. The summed E-state index contributed by atoms with van der Waals surface area (Å²) in [6, 6.07) is 6.12. The van der Waals surface area contributed by atoms with E-state index in [1.165, 1.54) is 16.6 Å². The Labute approximate surface area is 225 Å². The van der Waals surface area contributed by atoms with E-state index in [4.69, 9.17) is 16.3 Å². The fourth-order valence-electron chi connectivity index (χ4n) is 4.54. The SMILES string of the molecule is CCC1CCc2c(sc(NC(=O)CSc3nnc(C(C)Oc4cc(C)c(Cl)c(C)c4)n3C)c2C#N)C1. The van der Waals surface area contributed by atoms with Gasteiger partial charge in [-0.25, -0.2) is 0 Å². The minimum atomic E-state index is -0.340. The highest BCUT2D eigenvalue weighted by Crippen LogP contribution is 2.40. The van der Waals surface area contributed by atoms with Crippen molar-refractivity contribution in [2.45, 2.75) is 64.6 Å². The molecule has 36 heavy (non-hydrogen) atoms. The molecule has 0 saturated heterocycles. The molecule has 2 atom stereocenters. The van der Waals surface area contributed by atoms with Crippen LogP contribution >= 0.6 is 34.7 Å². The Morgan fingerprint density at radius 2 is 2.11 bits per heavy atom. The van der Waals surface area contributed by atoms with Crippen molar-refractivity contribution >= 4 is 45.6 Å². The Kier molecular flexibility index (Phi) is 8.28. The van der Waals surface area contributed by atoms with Gasteiger partial charge >= 0.3 is 0 Å². The molecule has 0 aliphatic heterocycles. The number of nitrogens with zero attached hydrogens (tertiary/aromatic N) is 4. The van der Waals surface area contributed by atoms with E-state index >= 15 is 0 Å². The van der Waals surface area contributed by atoms with Gasteiger partial charge in [0.1, 0.15) is 16.8 Å². The summed E-state index contributed by atoms with van der Waals surface area (Å²) in [5, 5.41) is 23.2. The second kappa shape index (κ2) is 11.2. The average Bonchev–Trinajstić information content (AvgIpc) is 3.39. The number of hydrogen-bond donors (Lipinski definition) is 1. The largest absolute Gasteiger partial charge is 0.483 e. The van der Waals surface area contributed by atoms with Crippen LogP contribution in [0, 0.1) is 31.1 Å². The molecule has 0 spiro atoms. The van der Waals surface area contributed by atoms with Crippen molar-refractivity contribution in [2.75, 3.05) is 11.1 Å². The van der Waals surface area contributed by atoms with Gasteiger partial charge < -0.3 is 14.6 Å². The number of anilines is 1. The van der Waals surface area contributed by atoms with Gasteiger partial charge in [0.25, 0.3) is 0 Å². The number of ether oxygens (including phenoxy) is 1. The molecule has 2 heterocycles. The molecule has 4 rings (SSSR count). The molecular weight excluding hydrogens is 514 g/mol. The predicted octanol–water partition coefficient (Wildman–Crippen LogP) is 6.40. The molecule has 0 bridgehead atoms. The predicted molar refractivity (Wildman–Crippen MR) is 145 cm³/mol. The first kappa shape index (κ1) is 26.5. The summed E-state index contributed by atoms with van der Waals surface area (Å²) in [5.74, 6) is 2.04. The molecule has 0 fully saturated rings. The highest BCUT2D eigenvalue weighted by molar-refractivity contribution is 7.99. The Balaban J connectivity index is 1.38. The number of rotatable bonds is 8. The van der Waals surface area contributed by atoms with E-state index in [9.17, 15) is 10.1 Å². The van der Waals surface area contributed by atoms with Crippen molar-refractivity contribution in [1.29, 1.82) is 5.26 Å². The number of thiophene rings is 1. The van der Waals surface area contributed by atoms with Crippen molar-refractivity contribution in [3.8, 4) is 11.8 Å². The highest BCUT2D eigenvalue weighted by Gasteiger charge is 2.26. The minimum Gasteiger partial charge on any atom is -0.483 e. The van der Waals surface area contributed by atoms with Gasteiger partial charge in [0.2, 0.25) is 5.91 Å². The summed E-state index contributed by atoms with van der Waals surface area (Å²) < 4.78 is 7.94. The molecule has 2 aromatic heterocycles. The quantitative estimate of drug-likeness (QED) is 0.330. The van der Waals surface area contributed by atoms with Crippen molar-refractivity contribution in [2.24, 2.45) is 13.0 Å². The monoisotopic (exact) mass is 543 g/mol. The number of aromatic nitrogens is 3. The van der Waals surface area contributed by atoms with E-state index in [2.05, 4.69) is 28.5 Å². The number of amides is 1. The number of carbonyl (C=O) groups is 1. The van der Waals surface area contributed by atoms with E-state index in [1.807, 2.05) is 44.5 Å². The zero-order valence-corrected chi connectivity index (χ0v) is 23.5. The lowest BCUT2D eigenvalue weighted by atomic mass is 9.86. The molecule has 2 unspecified atom stereocenters.